The minimum Gasteiger partial charge on any atom is -0.488 e. The maximum Gasteiger partial charge on any atom is 0.191 e. The molecule has 0 aromatic heterocycles. The molecule has 6 nitrogen and oxygen atoms in total. The predicted molar refractivity (Wildman–Crippen MR) is 103 cm³/mol. The molecule has 2 rings (SSSR count). The van der Waals surface area contributed by atoms with Crippen LogP contribution in [-0.4, -0.2) is 58.1 Å². The van der Waals surface area contributed by atoms with Gasteiger partial charge in [0.25, 0.3) is 0 Å². The first-order valence-electron chi connectivity index (χ1n) is 8.74. The molecule has 2 unspecified atom stereocenters. The molecule has 0 amide bonds. The molecule has 1 aliphatic heterocycles. The van der Waals surface area contributed by atoms with E-state index in [0.29, 0.717) is 6.54 Å². The number of rotatable bonds is 9. The van der Waals surface area contributed by atoms with E-state index in [1.54, 1.807) is 7.05 Å². The lowest BCUT2D eigenvalue weighted by atomic mass is 10.3. The van der Waals surface area contributed by atoms with Crippen LogP contribution in [0.25, 0.3) is 0 Å². The molecule has 2 atom stereocenters. The molecule has 1 fully saturated rings. The van der Waals surface area contributed by atoms with Gasteiger partial charge in [-0.2, -0.15) is 0 Å². The predicted octanol–water partition coefficient (Wildman–Crippen LogP) is 2.58. The Morgan fingerprint density at radius 2 is 2.24 bits per heavy atom. The molecule has 1 heterocycles. The Labute approximate surface area is 158 Å². The van der Waals surface area contributed by atoms with Crippen molar-refractivity contribution in [3.05, 3.63) is 28.7 Å². The van der Waals surface area contributed by atoms with Crippen LogP contribution in [0.5, 0.6) is 5.75 Å². The van der Waals surface area contributed by atoms with Crippen LogP contribution < -0.4 is 15.4 Å². The molecule has 140 valence electrons. The monoisotopic (exact) mass is 413 g/mol. The average Bonchev–Trinajstić information content (AvgIpc) is 3.13. The lowest BCUT2D eigenvalue weighted by Gasteiger charge is -2.18. The summed E-state index contributed by atoms with van der Waals surface area (Å²) in [5.41, 5.74) is 0. The number of halogens is 1. The van der Waals surface area contributed by atoms with Crippen LogP contribution >= 0.6 is 15.9 Å². The smallest absolute Gasteiger partial charge is 0.191 e. The van der Waals surface area contributed by atoms with E-state index in [1.165, 1.54) is 0 Å². The summed E-state index contributed by atoms with van der Waals surface area (Å²) in [5.74, 6) is 1.61. The summed E-state index contributed by atoms with van der Waals surface area (Å²) in [6.45, 7) is 5.78. The van der Waals surface area contributed by atoms with Gasteiger partial charge in [0.1, 0.15) is 11.9 Å². The van der Waals surface area contributed by atoms with Crippen molar-refractivity contribution in [1.82, 2.24) is 10.6 Å². The number of ether oxygens (including phenoxy) is 3. The van der Waals surface area contributed by atoms with Crippen molar-refractivity contribution in [3.63, 3.8) is 0 Å². The summed E-state index contributed by atoms with van der Waals surface area (Å²) in [5, 5.41) is 6.57. The van der Waals surface area contributed by atoms with Crippen molar-refractivity contribution in [2.24, 2.45) is 4.99 Å². The number of aliphatic imine (C=N–C) groups is 1. The second-order valence-electron chi connectivity index (χ2n) is 5.95. The van der Waals surface area contributed by atoms with E-state index in [-0.39, 0.29) is 12.2 Å². The van der Waals surface area contributed by atoms with E-state index < -0.39 is 0 Å². The summed E-state index contributed by atoms with van der Waals surface area (Å²) >= 11 is 3.49. The number of hydrogen-bond acceptors (Lipinski definition) is 4. The maximum atomic E-state index is 5.92. The fourth-order valence-electron chi connectivity index (χ4n) is 2.43. The van der Waals surface area contributed by atoms with E-state index in [1.807, 2.05) is 31.2 Å². The molecular weight excluding hydrogens is 386 g/mol. The maximum absolute atomic E-state index is 5.92. The van der Waals surface area contributed by atoms with Crippen molar-refractivity contribution < 1.29 is 14.2 Å². The Bertz CT molecular complexity index is 536. The van der Waals surface area contributed by atoms with Gasteiger partial charge in [0.05, 0.1) is 23.7 Å². The topological polar surface area (TPSA) is 64.1 Å². The highest BCUT2D eigenvalue weighted by atomic mass is 79.9. The summed E-state index contributed by atoms with van der Waals surface area (Å²) < 4.78 is 17.9. The highest BCUT2D eigenvalue weighted by Gasteiger charge is 2.15. The van der Waals surface area contributed by atoms with Gasteiger partial charge in [0, 0.05) is 26.8 Å². The number of benzene rings is 1. The van der Waals surface area contributed by atoms with E-state index in [0.717, 1.165) is 55.4 Å². The van der Waals surface area contributed by atoms with Gasteiger partial charge in [-0.3, -0.25) is 4.99 Å². The van der Waals surface area contributed by atoms with Gasteiger partial charge < -0.3 is 24.8 Å². The highest BCUT2D eigenvalue weighted by Crippen LogP contribution is 2.24. The number of para-hydroxylation sites is 1. The summed E-state index contributed by atoms with van der Waals surface area (Å²) in [6, 6.07) is 7.84. The molecule has 0 saturated carbocycles. The number of hydrogen-bond donors (Lipinski definition) is 2. The second-order valence-corrected chi connectivity index (χ2v) is 6.80. The Morgan fingerprint density at radius 1 is 1.40 bits per heavy atom. The normalized spacial score (nSPS) is 18.8. The third kappa shape index (κ3) is 7.63. The van der Waals surface area contributed by atoms with Crippen LogP contribution in [0.4, 0.5) is 0 Å². The molecule has 0 bridgehead atoms. The molecule has 1 saturated heterocycles. The Morgan fingerprint density at radius 3 is 2.96 bits per heavy atom. The lowest BCUT2D eigenvalue weighted by molar-refractivity contribution is 0.0420. The van der Waals surface area contributed by atoms with E-state index in [9.17, 15) is 0 Å². The van der Waals surface area contributed by atoms with E-state index in [2.05, 4.69) is 31.6 Å². The molecule has 1 aliphatic rings. The quantitative estimate of drug-likeness (QED) is 0.370. The van der Waals surface area contributed by atoms with Crippen molar-refractivity contribution >= 4 is 21.9 Å². The number of nitrogens with zero attached hydrogens (tertiary/aromatic N) is 1. The Kier molecular flexibility index (Phi) is 9.07. The molecular formula is C18H28BrN3O3. The molecule has 0 spiro atoms. The number of guanidine groups is 1. The third-order valence-corrected chi connectivity index (χ3v) is 4.46. The van der Waals surface area contributed by atoms with Crippen LogP contribution in [-0.2, 0) is 9.47 Å². The van der Waals surface area contributed by atoms with Crippen molar-refractivity contribution in [2.75, 3.05) is 40.0 Å². The molecule has 0 aliphatic carbocycles. The van der Waals surface area contributed by atoms with Crippen molar-refractivity contribution in [3.8, 4) is 5.75 Å². The minimum absolute atomic E-state index is 0.0166. The average molecular weight is 414 g/mol. The van der Waals surface area contributed by atoms with Crippen LogP contribution in [0.15, 0.2) is 33.7 Å². The van der Waals surface area contributed by atoms with Gasteiger partial charge >= 0.3 is 0 Å². The van der Waals surface area contributed by atoms with Gasteiger partial charge in [0.2, 0.25) is 0 Å². The minimum atomic E-state index is 0.0166. The van der Waals surface area contributed by atoms with Gasteiger partial charge in [-0.15, -0.1) is 0 Å². The standard InChI is InChI=1S/C18H28BrN3O3/c1-14(25-17-7-4-3-6-16(17)19)12-22-18(20-2)21-9-5-10-24-15-8-11-23-13-15/h3-4,6-7,14-15H,5,8-13H2,1-2H3,(H2,20,21,22). The van der Waals surface area contributed by atoms with Crippen molar-refractivity contribution in [2.45, 2.75) is 32.0 Å². The molecule has 1 aromatic rings. The highest BCUT2D eigenvalue weighted by molar-refractivity contribution is 9.10. The van der Waals surface area contributed by atoms with Gasteiger partial charge in [0.15, 0.2) is 5.96 Å². The first-order valence-corrected chi connectivity index (χ1v) is 9.53. The zero-order valence-corrected chi connectivity index (χ0v) is 16.5. The first kappa shape index (κ1) is 20.0. The molecule has 1 aromatic carbocycles. The van der Waals surface area contributed by atoms with Crippen LogP contribution in [0, 0.1) is 0 Å². The van der Waals surface area contributed by atoms with Crippen molar-refractivity contribution in [1.29, 1.82) is 0 Å². The van der Waals surface area contributed by atoms with Crippen LogP contribution in [0.1, 0.15) is 19.8 Å². The Hall–Kier alpha value is -1.31. The van der Waals surface area contributed by atoms with Gasteiger partial charge in [-0.05, 0) is 47.8 Å². The SMILES string of the molecule is CN=C(NCCCOC1CCOC1)NCC(C)Oc1ccccc1Br. The third-order valence-electron chi connectivity index (χ3n) is 3.80. The summed E-state index contributed by atoms with van der Waals surface area (Å²) in [6.07, 6.45) is 2.22. The van der Waals surface area contributed by atoms with Gasteiger partial charge in [-0.25, -0.2) is 0 Å². The second kappa shape index (κ2) is 11.3. The van der Waals surface area contributed by atoms with E-state index in [4.69, 9.17) is 14.2 Å². The Balaban J connectivity index is 1.58. The van der Waals surface area contributed by atoms with Crippen LogP contribution in [0.2, 0.25) is 0 Å². The first-order chi connectivity index (χ1) is 12.2. The molecule has 0 radical (unpaired) electrons. The fraction of sp³-hybridized carbons (Fsp3) is 0.611. The molecule has 2 N–H and O–H groups in total. The van der Waals surface area contributed by atoms with E-state index >= 15 is 0 Å². The molecule has 7 heteroatoms. The zero-order valence-electron chi connectivity index (χ0n) is 15.0. The summed E-state index contributed by atoms with van der Waals surface area (Å²) in [7, 11) is 1.76. The lowest BCUT2D eigenvalue weighted by Crippen LogP contribution is -2.42. The molecule has 25 heavy (non-hydrogen) atoms. The zero-order chi connectivity index (χ0) is 17.9. The van der Waals surface area contributed by atoms with Crippen LogP contribution in [0.3, 0.4) is 0 Å². The largest absolute Gasteiger partial charge is 0.488 e. The van der Waals surface area contributed by atoms with Gasteiger partial charge in [-0.1, -0.05) is 12.1 Å². The number of nitrogens with one attached hydrogen (secondary N) is 2. The summed E-state index contributed by atoms with van der Waals surface area (Å²) in [4.78, 5) is 4.23. The fourth-order valence-corrected chi connectivity index (χ4v) is 2.81.